The second kappa shape index (κ2) is 10.7. The third-order valence-electron chi connectivity index (χ3n) is 5.61. The maximum atomic E-state index is 10.6. The minimum Gasteiger partial charge on any atom is -0.489 e. The fourth-order valence-electron chi connectivity index (χ4n) is 3.97. The summed E-state index contributed by atoms with van der Waals surface area (Å²) >= 11 is 3.54. The van der Waals surface area contributed by atoms with Crippen LogP contribution in [0.5, 0.6) is 11.5 Å². The molecule has 5 nitrogen and oxygen atoms in total. The van der Waals surface area contributed by atoms with Crippen LogP contribution in [0.4, 0.5) is 0 Å². The molecule has 1 aromatic heterocycles. The molecule has 0 saturated carbocycles. The average Bonchev–Trinajstić information content (AvgIpc) is 3.18. The third kappa shape index (κ3) is 5.28. The van der Waals surface area contributed by atoms with Gasteiger partial charge in [-0.2, -0.15) is 0 Å². The van der Waals surface area contributed by atoms with E-state index in [4.69, 9.17) is 14.5 Å². The highest BCUT2D eigenvalue weighted by atomic mass is 79.9. The van der Waals surface area contributed by atoms with E-state index in [1.54, 1.807) is 0 Å². The van der Waals surface area contributed by atoms with Gasteiger partial charge >= 0.3 is 0 Å². The van der Waals surface area contributed by atoms with Crippen molar-refractivity contribution in [2.24, 2.45) is 0 Å². The summed E-state index contributed by atoms with van der Waals surface area (Å²) in [5, 5.41) is 0. The van der Waals surface area contributed by atoms with Gasteiger partial charge < -0.3 is 14.0 Å². The highest BCUT2D eigenvalue weighted by molar-refractivity contribution is 9.10. The van der Waals surface area contributed by atoms with Crippen molar-refractivity contribution in [1.29, 1.82) is 0 Å². The van der Waals surface area contributed by atoms with Gasteiger partial charge in [0.15, 0.2) is 6.29 Å². The van der Waals surface area contributed by atoms with Crippen molar-refractivity contribution in [3.63, 3.8) is 0 Å². The van der Waals surface area contributed by atoms with E-state index in [0.29, 0.717) is 13.2 Å². The Morgan fingerprint density at radius 3 is 2.55 bits per heavy atom. The molecule has 0 aliphatic rings. The first kappa shape index (κ1) is 23.1. The highest BCUT2D eigenvalue weighted by Gasteiger charge is 2.13. The van der Waals surface area contributed by atoms with Gasteiger partial charge in [0.05, 0.1) is 17.6 Å². The van der Waals surface area contributed by atoms with Crippen LogP contribution in [0.3, 0.4) is 0 Å². The first-order valence-corrected chi connectivity index (χ1v) is 12.0. The van der Waals surface area contributed by atoms with Crippen LogP contribution in [0.2, 0.25) is 0 Å². The van der Waals surface area contributed by atoms with Gasteiger partial charge in [-0.3, -0.25) is 4.79 Å². The van der Waals surface area contributed by atoms with E-state index in [-0.39, 0.29) is 6.61 Å². The number of aromatic nitrogens is 2. The summed E-state index contributed by atoms with van der Waals surface area (Å²) in [4.78, 5) is 15.4. The fourth-order valence-corrected chi connectivity index (χ4v) is 4.32. The van der Waals surface area contributed by atoms with E-state index in [0.717, 1.165) is 68.6 Å². The molecule has 0 spiro atoms. The largest absolute Gasteiger partial charge is 0.489 e. The Labute approximate surface area is 202 Å². The van der Waals surface area contributed by atoms with Crippen LogP contribution in [0, 0.1) is 0 Å². The van der Waals surface area contributed by atoms with Crippen LogP contribution < -0.4 is 9.47 Å². The van der Waals surface area contributed by atoms with Crippen LogP contribution in [0.1, 0.15) is 36.4 Å². The predicted molar refractivity (Wildman–Crippen MR) is 134 cm³/mol. The van der Waals surface area contributed by atoms with E-state index in [9.17, 15) is 4.79 Å². The lowest BCUT2D eigenvalue weighted by Gasteiger charge is -2.15. The number of benzene rings is 3. The molecule has 0 aliphatic carbocycles. The van der Waals surface area contributed by atoms with Gasteiger partial charge in [-0.15, -0.1) is 0 Å². The third-order valence-corrected chi connectivity index (χ3v) is 6.11. The molecule has 0 saturated heterocycles. The topological polar surface area (TPSA) is 53.4 Å². The Hall–Kier alpha value is -3.12. The van der Waals surface area contributed by atoms with Crippen LogP contribution in [-0.4, -0.2) is 22.4 Å². The van der Waals surface area contributed by atoms with Gasteiger partial charge in [0.2, 0.25) is 0 Å². The molecule has 0 fully saturated rings. The van der Waals surface area contributed by atoms with Crippen LogP contribution in [0.25, 0.3) is 11.0 Å². The number of rotatable bonds is 10. The van der Waals surface area contributed by atoms with Gasteiger partial charge in [0.1, 0.15) is 30.5 Å². The summed E-state index contributed by atoms with van der Waals surface area (Å²) in [7, 11) is 0. The first-order chi connectivity index (χ1) is 16.1. The molecule has 0 N–H and O–H groups in total. The molecule has 4 rings (SSSR count). The van der Waals surface area contributed by atoms with Crippen molar-refractivity contribution in [2.75, 3.05) is 6.61 Å². The fraction of sp³-hybridized carbons (Fsp3) is 0.259. The van der Waals surface area contributed by atoms with E-state index < -0.39 is 0 Å². The van der Waals surface area contributed by atoms with Crippen LogP contribution in [-0.2, 0) is 30.8 Å². The quantitative estimate of drug-likeness (QED) is 0.243. The molecule has 0 radical (unpaired) electrons. The van der Waals surface area contributed by atoms with Crippen molar-refractivity contribution in [3.8, 4) is 11.5 Å². The molecule has 6 heteroatoms. The number of ether oxygens (including phenoxy) is 2. The SMILES string of the molecule is CCc1cc(COc2ccccc2Cn2c(CC)nc3cc(Br)ccc32)ccc1OCC=O. The minimum atomic E-state index is 0.0653. The van der Waals surface area contributed by atoms with Crippen molar-refractivity contribution >= 4 is 33.2 Å². The molecule has 1 heterocycles. The molecule has 0 amide bonds. The molecule has 170 valence electrons. The number of fused-ring (bicyclic) bond motifs is 1. The highest BCUT2D eigenvalue weighted by Crippen LogP contribution is 2.27. The van der Waals surface area contributed by atoms with Crippen molar-refractivity contribution in [3.05, 3.63) is 87.7 Å². The van der Waals surface area contributed by atoms with Crippen molar-refractivity contribution in [2.45, 2.75) is 39.8 Å². The van der Waals surface area contributed by atoms with Gasteiger partial charge in [0, 0.05) is 16.5 Å². The summed E-state index contributed by atoms with van der Waals surface area (Å²) in [6.07, 6.45) is 2.44. The number of nitrogens with zero attached hydrogens (tertiary/aromatic N) is 2. The number of para-hydroxylation sites is 1. The molecule has 4 aromatic rings. The second-order valence-electron chi connectivity index (χ2n) is 7.77. The van der Waals surface area contributed by atoms with Crippen molar-refractivity contribution in [1.82, 2.24) is 9.55 Å². The van der Waals surface area contributed by atoms with Gasteiger partial charge in [-0.05, 0) is 53.9 Å². The molecular formula is C27H27BrN2O3. The number of carbonyl (C=O) groups excluding carboxylic acids is 1. The maximum Gasteiger partial charge on any atom is 0.157 e. The smallest absolute Gasteiger partial charge is 0.157 e. The number of hydrogen-bond donors (Lipinski definition) is 0. The molecule has 0 unspecified atom stereocenters. The molecule has 0 bridgehead atoms. The van der Waals surface area contributed by atoms with Crippen LogP contribution in [0.15, 0.2) is 65.1 Å². The van der Waals surface area contributed by atoms with E-state index in [1.165, 1.54) is 0 Å². The van der Waals surface area contributed by atoms with Gasteiger partial charge in [-0.25, -0.2) is 4.98 Å². The normalized spacial score (nSPS) is 11.0. The van der Waals surface area contributed by atoms with Crippen LogP contribution >= 0.6 is 15.9 Å². The Morgan fingerprint density at radius 1 is 0.939 bits per heavy atom. The summed E-state index contributed by atoms with van der Waals surface area (Å²) in [6, 6.07) is 20.3. The lowest BCUT2D eigenvalue weighted by Crippen LogP contribution is -2.07. The lowest BCUT2D eigenvalue weighted by atomic mass is 10.1. The van der Waals surface area contributed by atoms with Gasteiger partial charge in [-0.1, -0.05) is 54.0 Å². The summed E-state index contributed by atoms with van der Waals surface area (Å²) < 4.78 is 15.1. The number of halogens is 1. The Balaban J connectivity index is 1.56. The zero-order chi connectivity index (χ0) is 23.2. The second-order valence-corrected chi connectivity index (χ2v) is 8.69. The molecule has 0 aliphatic heterocycles. The predicted octanol–water partition coefficient (Wildman–Crippen LogP) is 6.13. The van der Waals surface area contributed by atoms with Gasteiger partial charge in [0.25, 0.3) is 0 Å². The minimum absolute atomic E-state index is 0.0653. The number of hydrogen-bond acceptors (Lipinski definition) is 4. The average molecular weight is 507 g/mol. The maximum absolute atomic E-state index is 10.6. The lowest BCUT2D eigenvalue weighted by molar-refractivity contribution is -0.109. The molecule has 0 atom stereocenters. The summed E-state index contributed by atoms with van der Waals surface area (Å²) in [5.41, 5.74) is 5.34. The number of aryl methyl sites for hydroxylation is 2. The Morgan fingerprint density at radius 2 is 1.76 bits per heavy atom. The Kier molecular flexibility index (Phi) is 7.45. The summed E-state index contributed by atoms with van der Waals surface area (Å²) in [6.45, 7) is 5.41. The van der Waals surface area contributed by atoms with Crippen molar-refractivity contribution < 1.29 is 14.3 Å². The zero-order valence-electron chi connectivity index (χ0n) is 18.9. The number of carbonyl (C=O) groups is 1. The summed E-state index contributed by atoms with van der Waals surface area (Å²) in [5.74, 6) is 2.66. The zero-order valence-corrected chi connectivity index (χ0v) is 20.5. The molecule has 33 heavy (non-hydrogen) atoms. The van der Waals surface area contributed by atoms with E-state index in [2.05, 4.69) is 64.7 Å². The molecule has 3 aromatic carbocycles. The standard InChI is InChI=1S/C27H27BrN2O3/c1-3-20-15-19(9-12-26(20)32-14-13-31)18-33-25-8-6-5-7-21(25)17-30-24-11-10-22(28)16-23(24)29-27(30)4-2/h5-13,15-16H,3-4,14,17-18H2,1-2H3. The Bertz CT molecular complexity index is 1270. The molecular weight excluding hydrogens is 480 g/mol. The van der Waals surface area contributed by atoms with E-state index >= 15 is 0 Å². The number of aldehydes is 1. The van der Waals surface area contributed by atoms with E-state index in [1.807, 2.05) is 30.3 Å². The first-order valence-electron chi connectivity index (χ1n) is 11.2. The monoisotopic (exact) mass is 506 g/mol. The number of imidazole rings is 1.